The molecular weight excluding hydrogens is 246 g/mol. The van der Waals surface area contributed by atoms with Crippen molar-refractivity contribution in [1.82, 2.24) is 9.80 Å². The van der Waals surface area contributed by atoms with Crippen LogP contribution in [0.3, 0.4) is 0 Å². The van der Waals surface area contributed by atoms with Crippen LogP contribution < -0.4 is 5.73 Å². The SMILES string of the molecule is NC(=S)CN1CCN(C(=O)CC2CCCC2)CC1. The normalized spacial score (nSPS) is 22.3. The molecule has 1 saturated heterocycles. The summed E-state index contributed by atoms with van der Waals surface area (Å²) < 4.78 is 0. The van der Waals surface area contributed by atoms with Crippen LogP contribution in [0.2, 0.25) is 0 Å². The second-order valence-corrected chi connectivity index (χ2v) is 6.00. The van der Waals surface area contributed by atoms with Crippen molar-refractivity contribution in [3.8, 4) is 0 Å². The van der Waals surface area contributed by atoms with Gasteiger partial charge in [-0.15, -0.1) is 0 Å². The number of carbonyl (C=O) groups is 1. The summed E-state index contributed by atoms with van der Waals surface area (Å²) in [6.07, 6.45) is 5.86. The van der Waals surface area contributed by atoms with Crippen molar-refractivity contribution in [3.63, 3.8) is 0 Å². The van der Waals surface area contributed by atoms with Crippen LogP contribution in [0.25, 0.3) is 0 Å². The van der Waals surface area contributed by atoms with E-state index in [1.54, 1.807) is 0 Å². The molecule has 2 N–H and O–H groups in total. The van der Waals surface area contributed by atoms with Gasteiger partial charge < -0.3 is 10.6 Å². The largest absolute Gasteiger partial charge is 0.392 e. The fraction of sp³-hybridized carbons (Fsp3) is 0.846. The Labute approximate surface area is 114 Å². The third-order valence-corrected chi connectivity index (χ3v) is 4.17. The van der Waals surface area contributed by atoms with Crippen molar-refractivity contribution in [2.24, 2.45) is 11.7 Å². The Morgan fingerprint density at radius 3 is 2.33 bits per heavy atom. The van der Waals surface area contributed by atoms with E-state index >= 15 is 0 Å². The summed E-state index contributed by atoms with van der Waals surface area (Å²) in [5, 5.41) is 0. The van der Waals surface area contributed by atoms with E-state index < -0.39 is 0 Å². The van der Waals surface area contributed by atoms with E-state index in [9.17, 15) is 4.79 Å². The van der Waals surface area contributed by atoms with E-state index in [-0.39, 0.29) is 0 Å². The highest BCUT2D eigenvalue weighted by molar-refractivity contribution is 7.80. The highest BCUT2D eigenvalue weighted by Gasteiger charge is 2.25. The van der Waals surface area contributed by atoms with Gasteiger partial charge in [0.2, 0.25) is 5.91 Å². The van der Waals surface area contributed by atoms with Gasteiger partial charge in [0.25, 0.3) is 0 Å². The zero-order valence-electron chi connectivity index (χ0n) is 10.9. The number of amides is 1. The number of hydrogen-bond donors (Lipinski definition) is 1. The molecule has 1 aliphatic heterocycles. The summed E-state index contributed by atoms with van der Waals surface area (Å²) in [5.74, 6) is 0.990. The quantitative estimate of drug-likeness (QED) is 0.774. The molecule has 1 heterocycles. The number of carbonyl (C=O) groups excluding carboxylic acids is 1. The smallest absolute Gasteiger partial charge is 0.222 e. The zero-order chi connectivity index (χ0) is 13.0. The molecule has 2 fully saturated rings. The predicted octanol–water partition coefficient (Wildman–Crippen LogP) is 0.997. The van der Waals surface area contributed by atoms with Crippen molar-refractivity contribution in [2.45, 2.75) is 32.1 Å². The zero-order valence-corrected chi connectivity index (χ0v) is 11.8. The van der Waals surface area contributed by atoms with Gasteiger partial charge in [-0.2, -0.15) is 0 Å². The van der Waals surface area contributed by atoms with Crippen LogP contribution in [0.15, 0.2) is 0 Å². The lowest BCUT2D eigenvalue weighted by Gasteiger charge is -2.35. The van der Waals surface area contributed by atoms with Crippen LogP contribution in [0.1, 0.15) is 32.1 Å². The Kier molecular flexibility index (Phi) is 4.95. The summed E-state index contributed by atoms with van der Waals surface area (Å²) in [7, 11) is 0. The molecule has 18 heavy (non-hydrogen) atoms. The Balaban J connectivity index is 1.71. The molecule has 2 aliphatic rings. The van der Waals surface area contributed by atoms with Gasteiger partial charge in [0, 0.05) is 39.1 Å². The summed E-state index contributed by atoms with van der Waals surface area (Å²) in [4.78, 5) is 16.9. The van der Waals surface area contributed by atoms with Crippen LogP contribution in [-0.2, 0) is 4.79 Å². The number of hydrogen-bond acceptors (Lipinski definition) is 3. The molecule has 2 rings (SSSR count). The van der Waals surface area contributed by atoms with Gasteiger partial charge >= 0.3 is 0 Å². The van der Waals surface area contributed by atoms with E-state index in [2.05, 4.69) is 4.90 Å². The Morgan fingerprint density at radius 1 is 1.17 bits per heavy atom. The molecule has 0 spiro atoms. The fourth-order valence-corrected chi connectivity index (χ4v) is 3.15. The first-order valence-electron chi connectivity index (χ1n) is 6.93. The van der Waals surface area contributed by atoms with Gasteiger partial charge in [0.1, 0.15) is 0 Å². The molecule has 0 atom stereocenters. The average molecular weight is 269 g/mol. The van der Waals surface area contributed by atoms with Crippen LogP contribution in [-0.4, -0.2) is 53.4 Å². The van der Waals surface area contributed by atoms with Crippen molar-refractivity contribution >= 4 is 23.1 Å². The second kappa shape index (κ2) is 6.48. The summed E-state index contributed by atoms with van der Waals surface area (Å²) in [5.41, 5.74) is 5.54. The molecule has 1 amide bonds. The van der Waals surface area contributed by atoms with Gasteiger partial charge in [-0.25, -0.2) is 0 Å². The molecule has 0 radical (unpaired) electrons. The topological polar surface area (TPSA) is 49.6 Å². The first-order valence-corrected chi connectivity index (χ1v) is 7.34. The number of thiocarbonyl (C=S) groups is 1. The minimum absolute atomic E-state index is 0.344. The lowest BCUT2D eigenvalue weighted by Crippen LogP contribution is -2.50. The molecular formula is C13H23N3OS. The number of nitrogens with two attached hydrogens (primary N) is 1. The minimum atomic E-state index is 0.344. The van der Waals surface area contributed by atoms with E-state index in [1.165, 1.54) is 25.7 Å². The fourth-order valence-electron chi connectivity index (χ4n) is 2.97. The van der Waals surface area contributed by atoms with Crippen molar-refractivity contribution < 1.29 is 4.79 Å². The summed E-state index contributed by atoms with van der Waals surface area (Å²) in [6, 6.07) is 0. The maximum Gasteiger partial charge on any atom is 0.222 e. The van der Waals surface area contributed by atoms with Gasteiger partial charge in [-0.1, -0.05) is 25.1 Å². The van der Waals surface area contributed by atoms with Crippen LogP contribution in [0.5, 0.6) is 0 Å². The standard InChI is InChI=1S/C13H23N3OS/c14-12(18)10-15-5-7-16(8-6-15)13(17)9-11-3-1-2-4-11/h11H,1-10H2,(H2,14,18). The molecule has 102 valence electrons. The monoisotopic (exact) mass is 269 g/mol. The van der Waals surface area contributed by atoms with Gasteiger partial charge in [-0.3, -0.25) is 9.69 Å². The number of rotatable bonds is 4. The molecule has 1 saturated carbocycles. The average Bonchev–Trinajstić information content (AvgIpc) is 2.82. The molecule has 4 nitrogen and oxygen atoms in total. The second-order valence-electron chi connectivity index (χ2n) is 5.48. The van der Waals surface area contributed by atoms with Gasteiger partial charge in [-0.05, 0) is 18.8 Å². The van der Waals surface area contributed by atoms with E-state index in [4.69, 9.17) is 18.0 Å². The van der Waals surface area contributed by atoms with Crippen molar-refractivity contribution in [1.29, 1.82) is 0 Å². The first kappa shape index (κ1) is 13.7. The maximum atomic E-state index is 12.1. The molecule has 0 bridgehead atoms. The third-order valence-electron chi connectivity index (χ3n) is 4.04. The van der Waals surface area contributed by atoms with Crippen LogP contribution in [0, 0.1) is 5.92 Å². The predicted molar refractivity (Wildman–Crippen MR) is 76.4 cm³/mol. The van der Waals surface area contributed by atoms with E-state index in [0.717, 1.165) is 32.6 Å². The molecule has 0 aromatic rings. The lowest BCUT2D eigenvalue weighted by atomic mass is 10.0. The Bertz CT molecular complexity index is 307. The van der Waals surface area contributed by atoms with E-state index in [0.29, 0.717) is 23.4 Å². The Morgan fingerprint density at radius 2 is 1.78 bits per heavy atom. The van der Waals surface area contributed by atoms with Crippen LogP contribution in [0.4, 0.5) is 0 Å². The van der Waals surface area contributed by atoms with Crippen molar-refractivity contribution in [3.05, 3.63) is 0 Å². The molecule has 0 aromatic carbocycles. The highest BCUT2D eigenvalue weighted by atomic mass is 32.1. The van der Waals surface area contributed by atoms with Gasteiger partial charge in [0.05, 0.1) is 4.99 Å². The van der Waals surface area contributed by atoms with E-state index in [1.807, 2.05) is 4.90 Å². The van der Waals surface area contributed by atoms with Gasteiger partial charge in [0.15, 0.2) is 0 Å². The van der Waals surface area contributed by atoms with Crippen molar-refractivity contribution in [2.75, 3.05) is 32.7 Å². The molecule has 5 heteroatoms. The third kappa shape index (κ3) is 3.92. The summed E-state index contributed by atoms with van der Waals surface area (Å²) >= 11 is 4.91. The molecule has 0 aromatic heterocycles. The number of piperazine rings is 1. The number of nitrogens with zero attached hydrogens (tertiary/aromatic N) is 2. The summed E-state index contributed by atoms with van der Waals surface area (Å²) in [6.45, 7) is 4.13. The first-order chi connectivity index (χ1) is 8.65. The molecule has 0 unspecified atom stereocenters. The Hall–Kier alpha value is -0.680. The highest BCUT2D eigenvalue weighted by Crippen LogP contribution is 2.28. The maximum absolute atomic E-state index is 12.1. The minimum Gasteiger partial charge on any atom is -0.392 e. The lowest BCUT2D eigenvalue weighted by molar-refractivity contribution is -0.133. The molecule has 1 aliphatic carbocycles. The van der Waals surface area contributed by atoms with Crippen LogP contribution >= 0.6 is 12.2 Å².